The molecule has 5 nitrogen and oxygen atoms in total. The van der Waals surface area contributed by atoms with Crippen molar-refractivity contribution in [3.05, 3.63) is 0 Å². The zero-order chi connectivity index (χ0) is 19.6. The fourth-order valence-corrected chi connectivity index (χ4v) is 4.77. The van der Waals surface area contributed by atoms with E-state index in [9.17, 15) is 0 Å². The van der Waals surface area contributed by atoms with Gasteiger partial charge in [-0.3, -0.25) is 9.80 Å². The molecule has 0 saturated carbocycles. The molecule has 160 valence electrons. The summed E-state index contributed by atoms with van der Waals surface area (Å²) >= 11 is 0. The Balaban J connectivity index is 1.88. The third-order valence-electron chi connectivity index (χ3n) is 7.25. The number of hydrogen-bond donors (Lipinski definition) is 0. The maximum atomic E-state index is 6.65. The first kappa shape index (κ1) is 23.1. The molecule has 0 bridgehead atoms. The van der Waals surface area contributed by atoms with Crippen LogP contribution in [-0.4, -0.2) is 86.7 Å². The summed E-state index contributed by atoms with van der Waals surface area (Å²) in [6, 6.07) is 0. The number of hydrogen-bond acceptors (Lipinski definition) is 5. The molecule has 0 aromatic rings. The maximum Gasteiger partial charge on any atom is 0.0689 e. The highest BCUT2D eigenvalue weighted by atomic mass is 16.5. The quantitative estimate of drug-likeness (QED) is 0.514. The first-order chi connectivity index (χ1) is 13.1. The average Bonchev–Trinajstić information content (AvgIpc) is 2.75. The molecular formula is C22H44N2O3. The first-order valence-corrected chi connectivity index (χ1v) is 11.4. The van der Waals surface area contributed by atoms with E-state index in [1.165, 1.54) is 12.8 Å². The SMILES string of the molecule is CCC(CC)(CCN1CCOCC1)OCCC(CC)(CC)N1CCOCC1. The van der Waals surface area contributed by atoms with E-state index in [1.807, 2.05) is 0 Å². The van der Waals surface area contributed by atoms with Crippen LogP contribution in [0.3, 0.4) is 0 Å². The lowest BCUT2D eigenvalue weighted by Crippen LogP contribution is -2.53. The molecule has 5 heteroatoms. The van der Waals surface area contributed by atoms with Crippen LogP contribution in [0, 0.1) is 0 Å². The van der Waals surface area contributed by atoms with Gasteiger partial charge in [0.05, 0.1) is 32.0 Å². The minimum atomic E-state index is 0.0243. The Labute approximate surface area is 167 Å². The van der Waals surface area contributed by atoms with Crippen molar-refractivity contribution in [1.82, 2.24) is 9.80 Å². The molecule has 0 atom stereocenters. The molecule has 0 unspecified atom stereocenters. The molecule has 2 fully saturated rings. The summed E-state index contributed by atoms with van der Waals surface area (Å²) in [7, 11) is 0. The van der Waals surface area contributed by atoms with Crippen LogP contribution >= 0.6 is 0 Å². The van der Waals surface area contributed by atoms with Crippen LogP contribution in [0.4, 0.5) is 0 Å². The molecule has 0 radical (unpaired) electrons. The van der Waals surface area contributed by atoms with Crippen LogP contribution in [-0.2, 0) is 14.2 Å². The van der Waals surface area contributed by atoms with Gasteiger partial charge in [0.2, 0.25) is 0 Å². The van der Waals surface area contributed by atoms with Crippen molar-refractivity contribution in [2.24, 2.45) is 0 Å². The second-order valence-electron chi connectivity index (χ2n) is 8.22. The van der Waals surface area contributed by atoms with Gasteiger partial charge in [-0.1, -0.05) is 27.7 Å². The van der Waals surface area contributed by atoms with Crippen molar-refractivity contribution < 1.29 is 14.2 Å². The molecule has 0 aliphatic carbocycles. The number of ether oxygens (including phenoxy) is 3. The summed E-state index contributed by atoms with van der Waals surface area (Å²) in [6.07, 6.45) is 6.81. The normalized spacial score (nSPS) is 20.9. The first-order valence-electron chi connectivity index (χ1n) is 11.4. The second kappa shape index (κ2) is 11.7. The Bertz CT molecular complexity index is 385. The molecule has 0 aromatic heterocycles. The summed E-state index contributed by atoms with van der Waals surface area (Å²) in [5.74, 6) is 0. The third-order valence-corrected chi connectivity index (χ3v) is 7.25. The second-order valence-corrected chi connectivity index (χ2v) is 8.22. The standard InChI is InChI=1S/C22H44N2O3/c1-5-21(6-2,24-14-19-26-20-15-24)10-16-27-22(7-3,8-4)9-11-23-12-17-25-18-13-23/h5-20H2,1-4H3. The van der Waals surface area contributed by atoms with Gasteiger partial charge in [0, 0.05) is 44.9 Å². The molecule has 2 saturated heterocycles. The minimum absolute atomic E-state index is 0.0243. The van der Waals surface area contributed by atoms with Crippen LogP contribution in [0.2, 0.25) is 0 Å². The van der Waals surface area contributed by atoms with Gasteiger partial charge in [-0.05, 0) is 38.5 Å². The van der Waals surface area contributed by atoms with E-state index in [0.717, 1.165) is 91.4 Å². The van der Waals surface area contributed by atoms with E-state index in [-0.39, 0.29) is 11.1 Å². The van der Waals surface area contributed by atoms with Gasteiger partial charge >= 0.3 is 0 Å². The highest BCUT2D eigenvalue weighted by Crippen LogP contribution is 2.31. The number of nitrogens with zero attached hydrogens (tertiary/aromatic N) is 2. The summed E-state index contributed by atoms with van der Waals surface area (Å²) < 4.78 is 17.7. The average molecular weight is 385 g/mol. The van der Waals surface area contributed by atoms with Gasteiger partial charge in [0.25, 0.3) is 0 Å². The van der Waals surface area contributed by atoms with Crippen LogP contribution < -0.4 is 0 Å². The van der Waals surface area contributed by atoms with E-state index < -0.39 is 0 Å². The minimum Gasteiger partial charge on any atom is -0.379 e. The van der Waals surface area contributed by atoms with E-state index in [1.54, 1.807) is 0 Å². The van der Waals surface area contributed by atoms with Gasteiger partial charge in [-0.25, -0.2) is 0 Å². The predicted octanol–water partition coefficient (Wildman–Crippen LogP) is 3.57. The van der Waals surface area contributed by atoms with Gasteiger partial charge in [-0.15, -0.1) is 0 Å². The Morgan fingerprint density at radius 2 is 1.30 bits per heavy atom. The largest absolute Gasteiger partial charge is 0.379 e. The monoisotopic (exact) mass is 384 g/mol. The zero-order valence-electron chi connectivity index (χ0n) is 18.4. The van der Waals surface area contributed by atoms with E-state index in [0.29, 0.717) is 0 Å². The third kappa shape index (κ3) is 6.40. The molecule has 0 N–H and O–H groups in total. The maximum absolute atomic E-state index is 6.65. The summed E-state index contributed by atoms with van der Waals surface area (Å²) in [5.41, 5.74) is 0.289. The van der Waals surface area contributed by atoms with E-state index in [2.05, 4.69) is 37.5 Å². The Kier molecular flexibility index (Phi) is 10.0. The summed E-state index contributed by atoms with van der Waals surface area (Å²) in [4.78, 5) is 5.19. The van der Waals surface area contributed by atoms with Crippen molar-refractivity contribution in [3.8, 4) is 0 Å². The Morgan fingerprint density at radius 1 is 0.741 bits per heavy atom. The lowest BCUT2D eigenvalue weighted by atomic mass is 9.86. The smallest absolute Gasteiger partial charge is 0.0689 e. The molecule has 0 aromatic carbocycles. The van der Waals surface area contributed by atoms with Crippen LogP contribution in [0.25, 0.3) is 0 Å². The zero-order valence-corrected chi connectivity index (χ0v) is 18.4. The van der Waals surface area contributed by atoms with Crippen molar-refractivity contribution in [3.63, 3.8) is 0 Å². The lowest BCUT2D eigenvalue weighted by Gasteiger charge is -2.46. The number of morpholine rings is 2. The van der Waals surface area contributed by atoms with Crippen molar-refractivity contribution in [1.29, 1.82) is 0 Å². The van der Waals surface area contributed by atoms with Gasteiger partial charge in [-0.2, -0.15) is 0 Å². The van der Waals surface area contributed by atoms with E-state index >= 15 is 0 Å². The number of rotatable bonds is 12. The molecule has 0 amide bonds. The van der Waals surface area contributed by atoms with Gasteiger partial charge in [0.15, 0.2) is 0 Å². The molecule has 27 heavy (non-hydrogen) atoms. The van der Waals surface area contributed by atoms with Gasteiger partial charge < -0.3 is 14.2 Å². The molecule has 0 spiro atoms. The van der Waals surface area contributed by atoms with Crippen molar-refractivity contribution in [2.45, 2.75) is 77.4 Å². The highest BCUT2D eigenvalue weighted by Gasteiger charge is 2.35. The topological polar surface area (TPSA) is 34.2 Å². The van der Waals surface area contributed by atoms with Crippen molar-refractivity contribution in [2.75, 3.05) is 65.8 Å². The lowest BCUT2D eigenvalue weighted by molar-refractivity contribution is -0.0895. The van der Waals surface area contributed by atoms with E-state index in [4.69, 9.17) is 14.2 Å². The van der Waals surface area contributed by atoms with Crippen molar-refractivity contribution >= 4 is 0 Å². The summed E-state index contributed by atoms with van der Waals surface area (Å²) in [5, 5.41) is 0. The molecule has 2 aliphatic rings. The van der Waals surface area contributed by atoms with Gasteiger partial charge in [0.1, 0.15) is 0 Å². The predicted molar refractivity (Wildman–Crippen MR) is 111 cm³/mol. The van der Waals surface area contributed by atoms with Crippen LogP contribution in [0.15, 0.2) is 0 Å². The van der Waals surface area contributed by atoms with Crippen LogP contribution in [0.1, 0.15) is 66.2 Å². The van der Waals surface area contributed by atoms with Crippen LogP contribution in [0.5, 0.6) is 0 Å². The highest BCUT2D eigenvalue weighted by molar-refractivity contribution is 4.90. The molecular weight excluding hydrogens is 340 g/mol. The fourth-order valence-electron chi connectivity index (χ4n) is 4.77. The molecule has 2 rings (SSSR count). The molecule has 2 aliphatic heterocycles. The summed E-state index contributed by atoms with van der Waals surface area (Å²) in [6.45, 7) is 19.0. The fraction of sp³-hybridized carbons (Fsp3) is 1.00. The Morgan fingerprint density at radius 3 is 1.81 bits per heavy atom. The molecule has 2 heterocycles. The Hall–Kier alpha value is -0.200.